The minimum Gasteiger partial charge on any atom is -0.870 e. The average molecular weight is 296 g/mol. The van der Waals surface area contributed by atoms with Gasteiger partial charge in [-0.3, -0.25) is 0 Å². The van der Waals surface area contributed by atoms with E-state index < -0.39 is 36.4 Å². The maximum atomic E-state index is 10.3. The first-order chi connectivity index (χ1) is 5.78. The predicted octanol–water partition coefficient (Wildman–Crippen LogP) is -4.10. The van der Waals surface area contributed by atoms with Gasteiger partial charge in [0.05, 0.1) is 0 Å². The Morgan fingerprint density at radius 2 is 1.33 bits per heavy atom. The number of aliphatic carboxylic acids is 3. The van der Waals surface area contributed by atoms with Crippen LogP contribution in [-0.2, 0) is 47.1 Å². The molecule has 9 heteroatoms. The minimum atomic E-state index is -2.86. The number of hydrogen-bond donors (Lipinski definition) is 2. The van der Waals surface area contributed by atoms with Crippen molar-refractivity contribution >= 4 is 17.9 Å². The van der Waals surface area contributed by atoms with Gasteiger partial charge >= 0.3 is 38.7 Å². The molecule has 0 saturated heterocycles. The van der Waals surface area contributed by atoms with Crippen LogP contribution >= 0.6 is 0 Å². The molecule has 0 aromatic rings. The Balaban J connectivity index is -0.000000720. The van der Waals surface area contributed by atoms with Gasteiger partial charge < -0.3 is 35.5 Å². The zero-order chi connectivity index (χ0) is 10.6. The van der Waals surface area contributed by atoms with Crippen molar-refractivity contribution in [2.75, 3.05) is 0 Å². The van der Waals surface area contributed by atoms with Gasteiger partial charge in [-0.05, 0) is 0 Å². The molecular weight excluding hydrogens is 289 g/mol. The van der Waals surface area contributed by atoms with Crippen LogP contribution in [-0.4, -0.2) is 39.2 Å². The molecular formula is C6H7O8Y. The van der Waals surface area contributed by atoms with Gasteiger partial charge in [0.2, 0.25) is 0 Å². The largest absolute Gasteiger partial charge is 3.00 e. The van der Waals surface area contributed by atoms with Crippen molar-refractivity contribution in [2.24, 2.45) is 0 Å². The van der Waals surface area contributed by atoms with Gasteiger partial charge in [-0.25, -0.2) is 4.79 Å². The second-order valence-corrected chi connectivity index (χ2v) is 2.43. The van der Waals surface area contributed by atoms with E-state index >= 15 is 0 Å². The van der Waals surface area contributed by atoms with Crippen LogP contribution in [0.15, 0.2) is 0 Å². The first-order valence-corrected chi connectivity index (χ1v) is 3.13. The van der Waals surface area contributed by atoms with E-state index in [1.165, 1.54) is 0 Å². The summed E-state index contributed by atoms with van der Waals surface area (Å²) in [5, 5.41) is 37.2. The molecule has 0 amide bonds. The minimum absolute atomic E-state index is 0. The summed E-state index contributed by atoms with van der Waals surface area (Å²) in [6.45, 7) is 0. The Hall–Kier alpha value is -0.566. The second kappa shape index (κ2) is 7.69. The number of carboxylic acids is 3. The van der Waals surface area contributed by atoms with E-state index in [4.69, 9.17) is 10.2 Å². The monoisotopic (exact) mass is 296 g/mol. The van der Waals surface area contributed by atoms with Crippen molar-refractivity contribution in [1.29, 1.82) is 0 Å². The molecule has 3 N–H and O–H groups in total. The molecule has 0 aromatic heterocycles. The van der Waals surface area contributed by atoms with E-state index in [1.54, 1.807) is 0 Å². The molecule has 0 unspecified atom stereocenters. The fourth-order valence-corrected chi connectivity index (χ4v) is 0.691. The maximum absolute atomic E-state index is 10.3. The summed E-state index contributed by atoms with van der Waals surface area (Å²) in [5.74, 6) is -5.65. The number of aliphatic hydroxyl groups is 1. The number of carbonyl (C=O) groups excluding carboxylic acids is 2. The number of carboxylic acid groups (broad SMARTS) is 3. The van der Waals surface area contributed by atoms with Gasteiger partial charge in [-0.15, -0.1) is 0 Å². The zero-order valence-electron chi connectivity index (χ0n) is 7.37. The standard InChI is InChI=1S/C6H8O7.H2O.Y/c7-3(8)1-6(13,5(11)12)2-4(9)10;;/h13H,1-2H2,(H,7,8)(H,9,10)(H,11,12);1H2;/q;;+3/p-3. The Morgan fingerprint density at radius 3 is 1.47 bits per heavy atom. The molecule has 0 spiro atoms. The van der Waals surface area contributed by atoms with Crippen LogP contribution in [0.5, 0.6) is 0 Å². The van der Waals surface area contributed by atoms with E-state index in [9.17, 15) is 24.6 Å². The third-order valence-electron chi connectivity index (χ3n) is 1.27. The van der Waals surface area contributed by atoms with Crippen LogP contribution in [0.3, 0.4) is 0 Å². The average Bonchev–Trinajstić information content (AvgIpc) is 1.82. The third kappa shape index (κ3) is 7.37. The van der Waals surface area contributed by atoms with Crippen LogP contribution in [0.1, 0.15) is 12.8 Å². The van der Waals surface area contributed by atoms with E-state index in [1.807, 2.05) is 0 Å². The fraction of sp³-hybridized carbons (Fsp3) is 0.500. The smallest absolute Gasteiger partial charge is 0.870 e. The van der Waals surface area contributed by atoms with Crippen LogP contribution in [0.4, 0.5) is 0 Å². The van der Waals surface area contributed by atoms with E-state index in [-0.39, 0.29) is 38.2 Å². The van der Waals surface area contributed by atoms with Crippen molar-refractivity contribution in [2.45, 2.75) is 18.4 Å². The SMILES string of the molecule is O=C([O-])CC(O)(CC(=O)[O-])C(=O)O.[OH-].[Y+3]. The van der Waals surface area contributed by atoms with E-state index in [2.05, 4.69) is 0 Å². The van der Waals surface area contributed by atoms with E-state index in [0.29, 0.717) is 0 Å². The summed E-state index contributed by atoms with van der Waals surface area (Å²) >= 11 is 0. The Morgan fingerprint density at radius 1 is 1.07 bits per heavy atom. The van der Waals surface area contributed by atoms with Crippen LogP contribution < -0.4 is 10.2 Å². The molecule has 0 saturated carbocycles. The van der Waals surface area contributed by atoms with E-state index in [0.717, 1.165) is 0 Å². The van der Waals surface area contributed by atoms with Gasteiger partial charge in [-0.2, -0.15) is 0 Å². The fourth-order valence-electron chi connectivity index (χ4n) is 0.691. The zero-order valence-corrected chi connectivity index (χ0v) is 10.2. The number of carbonyl (C=O) groups is 3. The molecule has 0 rings (SSSR count). The molecule has 0 heterocycles. The molecule has 0 aliphatic heterocycles. The topological polar surface area (TPSA) is 168 Å². The summed E-state index contributed by atoms with van der Waals surface area (Å²) in [6.07, 6.45) is -2.59. The van der Waals surface area contributed by atoms with Crippen molar-refractivity contribution in [3.8, 4) is 0 Å². The second-order valence-electron chi connectivity index (χ2n) is 2.43. The maximum Gasteiger partial charge on any atom is 3.00 e. The molecule has 8 nitrogen and oxygen atoms in total. The molecule has 0 radical (unpaired) electrons. The quantitative estimate of drug-likeness (QED) is 0.516. The first-order valence-electron chi connectivity index (χ1n) is 3.13. The number of hydrogen-bond acceptors (Lipinski definition) is 7. The summed E-state index contributed by atoms with van der Waals surface area (Å²) in [4.78, 5) is 30.2. The van der Waals surface area contributed by atoms with Gasteiger partial charge in [0.1, 0.15) is 0 Å². The summed E-state index contributed by atoms with van der Waals surface area (Å²) in [5.41, 5.74) is -2.86. The summed E-state index contributed by atoms with van der Waals surface area (Å²) in [7, 11) is 0. The molecule has 0 aliphatic rings. The van der Waals surface area contributed by atoms with Crippen LogP contribution in [0.2, 0.25) is 0 Å². The third-order valence-corrected chi connectivity index (χ3v) is 1.27. The molecule has 0 aliphatic carbocycles. The van der Waals surface area contributed by atoms with Crippen LogP contribution in [0.25, 0.3) is 0 Å². The normalized spacial score (nSPS) is 9.40. The van der Waals surface area contributed by atoms with Crippen molar-refractivity contribution in [3.63, 3.8) is 0 Å². The van der Waals surface area contributed by atoms with Crippen LogP contribution in [0, 0.1) is 0 Å². The van der Waals surface area contributed by atoms with Crippen molar-refractivity contribution < 1.29 is 73.0 Å². The first kappa shape index (κ1) is 19.9. The summed E-state index contributed by atoms with van der Waals surface area (Å²) < 4.78 is 0. The Bertz CT molecular complexity index is 234. The van der Waals surface area contributed by atoms with Gasteiger partial charge in [-0.1, -0.05) is 0 Å². The molecule has 0 fully saturated rings. The van der Waals surface area contributed by atoms with Gasteiger partial charge in [0.25, 0.3) is 0 Å². The molecule has 0 aromatic carbocycles. The molecule has 0 atom stereocenters. The predicted molar refractivity (Wildman–Crippen MR) is 33.8 cm³/mol. The van der Waals surface area contributed by atoms with Crippen molar-refractivity contribution in [1.82, 2.24) is 0 Å². The van der Waals surface area contributed by atoms with Crippen molar-refractivity contribution in [3.05, 3.63) is 0 Å². The Labute approximate surface area is 109 Å². The molecule has 15 heavy (non-hydrogen) atoms. The summed E-state index contributed by atoms with van der Waals surface area (Å²) in [6, 6.07) is 0. The van der Waals surface area contributed by atoms with Gasteiger partial charge in [0.15, 0.2) is 5.60 Å². The molecule has 0 bridgehead atoms. The Kier molecular flexibility index (Phi) is 10.2. The van der Waals surface area contributed by atoms with Gasteiger partial charge in [0, 0.05) is 24.8 Å². The molecule has 82 valence electrons. The number of rotatable bonds is 5.